The Kier molecular flexibility index (Phi) is 5.82. The Labute approximate surface area is 190 Å². The lowest BCUT2D eigenvalue weighted by atomic mass is 10.1. The summed E-state index contributed by atoms with van der Waals surface area (Å²) in [5, 5.41) is 13.1. The molecule has 1 amide bonds. The van der Waals surface area contributed by atoms with Gasteiger partial charge in [0.1, 0.15) is 5.75 Å². The lowest BCUT2D eigenvalue weighted by Gasteiger charge is -2.08. The molecule has 0 saturated carbocycles. The van der Waals surface area contributed by atoms with E-state index in [0.29, 0.717) is 0 Å². The van der Waals surface area contributed by atoms with Crippen molar-refractivity contribution in [1.29, 1.82) is 0 Å². The maximum atomic E-state index is 14.2. The molecule has 32 heavy (non-hydrogen) atoms. The standard InChI is InChI=1S/C22H13Cl2F2N3O3/c23-14-7-27-8-15(24)19(14)28-22(32)21(31)13-10-29(20-12(13)4-2-6-17(20)30)9-11-3-1-5-16(25)18(11)26/h1-8,10,30H,9H2,(H,27,28,32). The van der Waals surface area contributed by atoms with Crippen molar-refractivity contribution in [3.63, 3.8) is 0 Å². The van der Waals surface area contributed by atoms with Gasteiger partial charge in [-0.05, 0) is 12.1 Å². The van der Waals surface area contributed by atoms with Crippen molar-refractivity contribution in [2.24, 2.45) is 0 Å². The largest absolute Gasteiger partial charge is 0.506 e. The topological polar surface area (TPSA) is 84.2 Å². The van der Waals surface area contributed by atoms with Gasteiger partial charge in [-0.2, -0.15) is 0 Å². The fourth-order valence-corrected chi connectivity index (χ4v) is 3.78. The summed E-state index contributed by atoms with van der Waals surface area (Å²) >= 11 is 12.0. The van der Waals surface area contributed by atoms with Crippen LogP contribution in [0.1, 0.15) is 15.9 Å². The third-order valence-electron chi connectivity index (χ3n) is 4.79. The Hall–Kier alpha value is -3.49. The molecule has 2 aromatic heterocycles. The number of fused-ring (bicyclic) bond motifs is 1. The quantitative estimate of drug-likeness (QED) is 0.307. The zero-order valence-electron chi connectivity index (χ0n) is 16.1. The number of nitrogens with one attached hydrogen (secondary N) is 1. The van der Waals surface area contributed by atoms with Crippen LogP contribution in [-0.2, 0) is 11.3 Å². The van der Waals surface area contributed by atoms with E-state index in [2.05, 4.69) is 10.3 Å². The summed E-state index contributed by atoms with van der Waals surface area (Å²) in [4.78, 5) is 29.3. The van der Waals surface area contributed by atoms with Crippen LogP contribution in [0.15, 0.2) is 55.0 Å². The van der Waals surface area contributed by atoms with Gasteiger partial charge in [-0.25, -0.2) is 8.78 Å². The Morgan fingerprint density at radius 3 is 2.47 bits per heavy atom. The molecule has 4 rings (SSSR count). The van der Waals surface area contributed by atoms with Crippen LogP contribution in [0.25, 0.3) is 10.9 Å². The summed E-state index contributed by atoms with van der Waals surface area (Å²) in [6, 6.07) is 8.12. The average Bonchev–Trinajstić information content (AvgIpc) is 3.13. The molecule has 4 aromatic rings. The number of para-hydroxylation sites is 1. The molecule has 10 heteroatoms. The Balaban J connectivity index is 1.75. The van der Waals surface area contributed by atoms with Gasteiger partial charge in [0.25, 0.3) is 11.7 Å². The van der Waals surface area contributed by atoms with E-state index in [1.54, 1.807) is 0 Å². The fraction of sp³-hybridized carbons (Fsp3) is 0.0455. The molecule has 0 saturated heterocycles. The first-order valence-corrected chi connectivity index (χ1v) is 9.92. The molecule has 2 aromatic carbocycles. The third-order valence-corrected chi connectivity index (χ3v) is 5.37. The van der Waals surface area contributed by atoms with Crippen LogP contribution in [0.2, 0.25) is 10.0 Å². The first-order chi connectivity index (χ1) is 15.3. The average molecular weight is 476 g/mol. The molecule has 0 unspecified atom stereocenters. The van der Waals surface area contributed by atoms with Crippen LogP contribution < -0.4 is 5.32 Å². The highest BCUT2D eigenvalue weighted by Gasteiger charge is 2.25. The lowest BCUT2D eigenvalue weighted by molar-refractivity contribution is -0.112. The number of phenolic OH excluding ortho intramolecular Hbond substituents is 1. The van der Waals surface area contributed by atoms with Crippen LogP contribution in [-0.4, -0.2) is 26.3 Å². The number of halogens is 4. The van der Waals surface area contributed by atoms with Crippen molar-refractivity contribution < 1.29 is 23.5 Å². The van der Waals surface area contributed by atoms with Crippen molar-refractivity contribution in [2.75, 3.05) is 5.32 Å². The number of rotatable bonds is 5. The number of Topliss-reactive ketones (excluding diaryl/α,β-unsaturated/α-hetero) is 1. The Morgan fingerprint density at radius 1 is 1.06 bits per heavy atom. The van der Waals surface area contributed by atoms with E-state index in [1.807, 2.05) is 0 Å². The minimum Gasteiger partial charge on any atom is -0.506 e. The van der Waals surface area contributed by atoms with Crippen LogP contribution >= 0.6 is 23.2 Å². The summed E-state index contributed by atoms with van der Waals surface area (Å²) in [5.74, 6) is -4.23. The van der Waals surface area contributed by atoms with Crippen LogP contribution in [0.4, 0.5) is 14.5 Å². The van der Waals surface area contributed by atoms with Gasteiger partial charge < -0.3 is 15.0 Å². The van der Waals surface area contributed by atoms with Gasteiger partial charge in [0.15, 0.2) is 11.6 Å². The van der Waals surface area contributed by atoms with E-state index < -0.39 is 23.3 Å². The number of hydrogen-bond donors (Lipinski definition) is 2. The second-order valence-electron chi connectivity index (χ2n) is 6.82. The molecule has 0 aliphatic carbocycles. The number of carbonyl (C=O) groups is 2. The zero-order valence-corrected chi connectivity index (χ0v) is 17.6. The van der Waals surface area contributed by atoms with Crippen molar-refractivity contribution in [3.05, 3.63) is 87.8 Å². The highest BCUT2D eigenvalue weighted by molar-refractivity contribution is 6.50. The monoisotopic (exact) mass is 475 g/mol. The second-order valence-corrected chi connectivity index (χ2v) is 7.63. The highest BCUT2D eigenvalue weighted by atomic mass is 35.5. The number of carbonyl (C=O) groups excluding carboxylic acids is 2. The summed E-state index contributed by atoms with van der Waals surface area (Å²) in [6.07, 6.45) is 3.81. The number of benzene rings is 2. The fourth-order valence-electron chi connectivity index (χ4n) is 3.32. The number of phenols is 1. The molecule has 0 aliphatic rings. The van der Waals surface area contributed by atoms with Crippen molar-refractivity contribution in [1.82, 2.24) is 9.55 Å². The van der Waals surface area contributed by atoms with E-state index >= 15 is 0 Å². The van der Waals surface area contributed by atoms with Crippen LogP contribution in [0.5, 0.6) is 5.75 Å². The van der Waals surface area contributed by atoms with Gasteiger partial charge >= 0.3 is 0 Å². The molecular weight excluding hydrogens is 463 g/mol. The predicted octanol–water partition coefficient (Wildman–Crippen LogP) is 5.20. The minimum absolute atomic E-state index is 0.00366. The summed E-state index contributed by atoms with van der Waals surface area (Å²) in [7, 11) is 0. The molecule has 6 nitrogen and oxygen atoms in total. The summed E-state index contributed by atoms with van der Waals surface area (Å²) in [6.45, 7) is -0.186. The molecule has 0 bridgehead atoms. The van der Waals surface area contributed by atoms with E-state index in [4.69, 9.17) is 23.2 Å². The number of aromatic nitrogens is 2. The molecule has 0 radical (unpaired) electrons. The Morgan fingerprint density at radius 2 is 1.75 bits per heavy atom. The highest BCUT2D eigenvalue weighted by Crippen LogP contribution is 2.32. The number of pyridine rings is 1. The summed E-state index contributed by atoms with van der Waals surface area (Å²) < 4.78 is 29.2. The molecule has 162 valence electrons. The normalized spacial score (nSPS) is 11.0. The SMILES string of the molecule is O=C(Nc1c(Cl)cncc1Cl)C(=O)c1cn(Cc2cccc(F)c2F)c2c(O)cccc12. The van der Waals surface area contributed by atoms with Gasteiger partial charge in [0, 0.05) is 29.5 Å². The number of anilines is 1. The van der Waals surface area contributed by atoms with E-state index in [1.165, 1.54) is 53.5 Å². The molecule has 0 spiro atoms. The maximum Gasteiger partial charge on any atom is 0.296 e. The van der Waals surface area contributed by atoms with E-state index in [9.17, 15) is 23.5 Å². The van der Waals surface area contributed by atoms with E-state index in [-0.39, 0.29) is 50.1 Å². The van der Waals surface area contributed by atoms with Crippen LogP contribution in [0.3, 0.4) is 0 Å². The second kappa shape index (κ2) is 8.57. The zero-order chi connectivity index (χ0) is 23.0. The first-order valence-electron chi connectivity index (χ1n) is 9.16. The number of nitrogens with zero attached hydrogens (tertiary/aromatic N) is 2. The molecule has 0 atom stereocenters. The molecule has 2 N–H and O–H groups in total. The van der Waals surface area contributed by atoms with Crippen LogP contribution in [0, 0.1) is 11.6 Å². The minimum atomic E-state index is -1.04. The van der Waals surface area contributed by atoms with Gasteiger partial charge in [-0.3, -0.25) is 14.6 Å². The van der Waals surface area contributed by atoms with E-state index in [0.717, 1.165) is 6.07 Å². The number of aromatic hydroxyl groups is 1. The molecule has 0 aliphatic heterocycles. The molecular formula is C22H13Cl2F2N3O3. The molecule has 0 fully saturated rings. The van der Waals surface area contributed by atoms with Crippen molar-refractivity contribution >= 4 is 51.5 Å². The van der Waals surface area contributed by atoms with Gasteiger partial charge in [0.05, 0.1) is 33.4 Å². The predicted molar refractivity (Wildman–Crippen MR) is 116 cm³/mol. The third kappa shape index (κ3) is 3.90. The molecule has 2 heterocycles. The summed E-state index contributed by atoms with van der Waals surface area (Å²) in [5.41, 5.74) is 0.165. The lowest BCUT2D eigenvalue weighted by Crippen LogP contribution is -2.23. The first kappa shape index (κ1) is 21.7. The van der Waals surface area contributed by atoms with Crippen molar-refractivity contribution in [2.45, 2.75) is 6.54 Å². The number of hydrogen-bond acceptors (Lipinski definition) is 4. The number of ketones is 1. The van der Waals surface area contributed by atoms with Gasteiger partial charge in [0.2, 0.25) is 0 Å². The van der Waals surface area contributed by atoms with Crippen molar-refractivity contribution in [3.8, 4) is 5.75 Å². The van der Waals surface area contributed by atoms with Gasteiger partial charge in [-0.15, -0.1) is 0 Å². The number of amides is 1. The van der Waals surface area contributed by atoms with Gasteiger partial charge in [-0.1, -0.05) is 47.5 Å². The smallest absolute Gasteiger partial charge is 0.296 e. The maximum absolute atomic E-state index is 14.2. The Bertz CT molecular complexity index is 1370.